The monoisotopic (exact) mass is 518 g/mol. The fourth-order valence-corrected chi connectivity index (χ4v) is 6.28. The molecule has 1 spiro atoms. The van der Waals surface area contributed by atoms with Crippen molar-refractivity contribution in [3.05, 3.63) is 34.6 Å². The Morgan fingerprint density at radius 3 is 2.39 bits per heavy atom. The fraction of sp³-hybridized carbons (Fsp3) is 0.654. The number of benzene rings is 1. The molecule has 2 aromatic rings. The molecule has 0 bridgehead atoms. The molecule has 4 heterocycles. The lowest BCUT2D eigenvalue weighted by molar-refractivity contribution is -0.385. The van der Waals surface area contributed by atoms with Crippen LogP contribution in [0.15, 0.2) is 24.5 Å². The second-order valence-corrected chi connectivity index (χ2v) is 10.7. The summed E-state index contributed by atoms with van der Waals surface area (Å²) < 4.78 is 7.15. The number of nitrogens with one attached hydrogen (secondary N) is 1. The summed E-state index contributed by atoms with van der Waals surface area (Å²) in [6.45, 7) is 7.97. The van der Waals surface area contributed by atoms with Crippen molar-refractivity contribution in [2.24, 2.45) is 18.4 Å². The topological polar surface area (TPSA) is 88.7 Å². The largest absolute Gasteiger partial charge is 0.490 e. The normalized spacial score (nSPS) is 20.8. The number of nitro benzene ring substituents is 1. The molecule has 3 fully saturated rings. The number of aromatic nitrogens is 2. The molecule has 3 aliphatic heterocycles. The van der Waals surface area contributed by atoms with Gasteiger partial charge in [-0.2, -0.15) is 5.10 Å². The van der Waals surface area contributed by atoms with Crippen molar-refractivity contribution in [2.75, 3.05) is 57.8 Å². The van der Waals surface area contributed by atoms with Crippen LogP contribution in [0.25, 0.3) is 11.1 Å². The standard InChI is InChI=1S/C26H38N6O3.ClH/c1-29-19-21(17-28-29)22-15-24(32(33)34)25(35-2)16-23(22)31-13-7-26(8-14-31)5-11-30(12-6-26)18-20-3-9-27-10-4-20;/h15-17,19-20,27H,3-14,18H2,1-2H3;1H. The second-order valence-electron chi connectivity index (χ2n) is 10.7. The van der Waals surface area contributed by atoms with Crippen molar-refractivity contribution in [3.8, 4) is 16.9 Å². The molecule has 1 aromatic heterocycles. The number of hydrogen-bond donors (Lipinski definition) is 1. The molecule has 1 aromatic carbocycles. The van der Waals surface area contributed by atoms with Gasteiger partial charge in [0.25, 0.3) is 0 Å². The first-order chi connectivity index (χ1) is 17.0. The Hall–Kier alpha value is -2.36. The van der Waals surface area contributed by atoms with Crippen LogP contribution in [0.1, 0.15) is 38.5 Å². The number of nitrogens with zero attached hydrogens (tertiary/aromatic N) is 5. The van der Waals surface area contributed by atoms with E-state index in [9.17, 15) is 10.1 Å². The molecular formula is C26H39ClN6O3. The molecular weight excluding hydrogens is 480 g/mol. The Balaban J connectivity index is 0.00000304. The van der Waals surface area contributed by atoms with Crippen LogP contribution >= 0.6 is 12.4 Å². The van der Waals surface area contributed by atoms with E-state index in [1.54, 1.807) is 16.9 Å². The highest BCUT2D eigenvalue weighted by Crippen LogP contribution is 2.46. The summed E-state index contributed by atoms with van der Waals surface area (Å²) in [4.78, 5) is 16.4. The predicted octanol–water partition coefficient (Wildman–Crippen LogP) is 4.11. The second kappa shape index (κ2) is 11.4. The maximum Gasteiger partial charge on any atom is 0.311 e. The molecule has 0 unspecified atom stereocenters. The third-order valence-corrected chi connectivity index (χ3v) is 8.57. The highest BCUT2D eigenvalue weighted by Gasteiger charge is 2.38. The summed E-state index contributed by atoms with van der Waals surface area (Å²) in [6.07, 6.45) is 11.2. The van der Waals surface area contributed by atoms with Crippen molar-refractivity contribution < 1.29 is 9.66 Å². The van der Waals surface area contributed by atoms with Gasteiger partial charge in [0.2, 0.25) is 0 Å². The zero-order chi connectivity index (χ0) is 24.4. The van der Waals surface area contributed by atoms with Crippen molar-refractivity contribution >= 4 is 23.8 Å². The lowest BCUT2D eigenvalue weighted by atomic mass is 9.71. The van der Waals surface area contributed by atoms with Gasteiger partial charge in [0.15, 0.2) is 5.75 Å². The van der Waals surface area contributed by atoms with E-state index in [1.165, 1.54) is 78.4 Å². The summed E-state index contributed by atoms with van der Waals surface area (Å²) in [6, 6.07) is 3.49. The molecule has 0 radical (unpaired) electrons. The van der Waals surface area contributed by atoms with Gasteiger partial charge in [0, 0.05) is 61.8 Å². The predicted molar refractivity (Wildman–Crippen MR) is 144 cm³/mol. The summed E-state index contributed by atoms with van der Waals surface area (Å²) in [5.41, 5.74) is 3.15. The van der Waals surface area contributed by atoms with Gasteiger partial charge in [-0.05, 0) is 76.0 Å². The van der Waals surface area contributed by atoms with Gasteiger partial charge in [-0.1, -0.05) is 0 Å². The van der Waals surface area contributed by atoms with E-state index in [0.29, 0.717) is 11.2 Å². The SMILES string of the molecule is COc1cc(N2CCC3(CCN(CC4CCNCC4)CC3)CC2)c(-c2cnn(C)c2)cc1[N+](=O)[O-].Cl. The molecule has 198 valence electrons. The number of methoxy groups -OCH3 is 1. The zero-order valence-corrected chi connectivity index (χ0v) is 22.3. The third-order valence-electron chi connectivity index (χ3n) is 8.57. The number of ether oxygens (including phenoxy) is 1. The molecule has 0 amide bonds. The zero-order valence-electron chi connectivity index (χ0n) is 21.4. The Kier molecular flexibility index (Phi) is 8.42. The van der Waals surface area contributed by atoms with E-state index in [-0.39, 0.29) is 23.0 Å². The first-order valence-electron chi connectivity index (χ1n) is 13.0. The van der Waals surface area contributed by atoms with Crippen LogP contribution in [-0.4, -0.2) is 72.5 Å². The number of aryl methyl sites for hydroxylation is 1. The molecule has 36 heavy (non-hydrogen) atoms. The first-order valence-corrected chi connectivity index (χ1v) is 13.0. The van der Waals surface area contributed by atoms with Crippen LogP contribution in [0.5, 0.6) is 5.75 Å². The van der Waals surface area contributed by atoms with Gasteiger partial charge < -0.3 is 19.9 Å². The van der Waals surface area contributed by atoms with Crippen LogP contribution in [0.3, 0.4) is 0 Å². The van der Waals surface area contributed by atoms with Crippen LogP contribution in [0.2, 0.25) is 0 Å². The van der Waals surface area contributed by atoms with Crippen molar-refractivity contribution in [1.29, 1.82) is 0 Å². The minimum Gasteiger partial charge on any atom is -0.490 e. The Morgan fingerprint density at radius 1 is 1.14 bits per heavy atom. The van der Waals surface area contributed by atoms with Crippen molar-refractivity contribution in [1.82, 2.24) is 20.0 Å². The summed E-state index contributed by atoms with van der Waals surface area (Å²) in [7, 11) is 3.36. The van der Waals surface area contributed by atoms with E-state index in [0.717, 1.165) is 35.8 Å². The molecule has 0 aliphatic carbocycles. The Morgan fingerprint density at radius 2 is 1.81 bits per heavy atom. The number of halogens is 1. The van der Waals surface area contributed by atoms with Crippen LogP contribution < -0.4 is 15.0 Å². The average molecular weight is 519 g/mol. The van der Waals surface area contributed by atoms with E-state index >= 15 is 0 Å². The molecule has 1 N–H and O–H groups in total. The number of nitro groups is 1. The van der Waals surface area contributed by atoms with Crippen LogP contribution in [0, 0.1) is 21.4 Å². The van der Waals surface area contributed by atoms with Gasteiger partial charge in [0.1, 0.15) is 0 Å². The van der Waals surface area contributed by atoms with Gasteiger partial charge in [-0.25, -0.2) is 0 Å². The summed E-state index contributed by atoms with van der Waals surface area (Å²) >= 11 is 0. The number of rotatable bonds is 6. The van der Waals surface area contributed by atoms with Gasteiger partial charge in [-0.15, -0.1) is 12.4 Å². The Labute approximate surface area is 219 Å². The highest BCUT2D eigenvalue weighted by atomic mass is 35.5. The summed E-state index contributed by atoms with van der Waals surface area (Å²) in [5, 5.41) is 19.5. The Bertz CT molecular complexity index is 1040. The van der Waals surface area contributed by atoms with Gasteiger partial charge in [0.05, 0.1) is 18.2 Å². The number of likely N-dealkylation sites (tertiary alicyclic amines) is 1. The highest BCUT2D eigenvalue weighted by molar-refractivity contribution is 5.85. The van der Waals surface area contributed by atoms with Crippen LogP contribution in [0.4, 0.5) is 11.4 Å². The first kappa shape index (κ1) is 26.7. The maximum atomic E-state index is 11.7. The smallest absolute Gasteiger partial charge is 0.311 e. The minimum absolute atomic E-state index is 0. The van der Waals surface area contributed by atoms with Crippen molar-refractivity contribution in [2.45, 2.75) is 38.5 Å². The average Bonchev–Trinajstić information content (AvgIpc) is 3.32. The number of hydrogen-bond acceptors (Lipinski definition) is 7. The molecule has 0 saturated carbocycles. The minimum atomic E-state index is -0.370. The van der Waals surface area contributed by atoms with Crippen molar-refractivity contribution in [3.63, 3.8) is 0 Å². The maximum absolute atomic E-state index is 11.7. The van der Waals surface area contributed by atoms with Gasteiger partial charge in [-0.3, -0.25) is 14.8 Å². The van der Waals surface area contributed by atoms with E-state index in [2.05, 4.69) is 20.2 Å². The molecule has 5 rings (SSSR count). The molecule has 3 saturated heterocycles. The molecule has 9 nitrogen and oxygen atoms in total. The van der Waals surface area contributed by atoms with Crippen LogP contribution in [-0.2, 0) is 7.05 Å². The molecule has 10 heteroatoms. The number of anilines is 1. The molecule has 0 atom stereocenters. The third kappa shape index (κ3) is 5.63. The summed E-state index contributed by atoms with van der Waals surface area (Å²) in [5.74, 6) is 1.17. The number of piperidine rings is 3. The lowest BCUT2D eigenvalue weighted by Crippen LogP contribution is -2.48. The van der Waals surface area contributed by atoms with Gasteiger partial charge >= 0.3 is 5.69 Å². The van der Waals surface area contributed by atoms with E-state index < -0.39 is 0 Å². The lowest BCUT2D eigenvalue weighted by Gasteiger charge is -2.48. The van der Waals surface area contributed by atoms with E-state index in [1.807, 2.05) is 19.3 Å². The quantitative estimate of drug-likeness (QED) is 0.454. The van der Waals surface area contributed by atoms with E-state index in [4.69, 9.17) is 4.74 Å². The fourth-order valence-electron chi connectivity index (χ4n) is 6.28. The molecule has 3 aliphatic rings.